The van der Waals surface area contributed by atoms with Crippen LogP contribution in [0.25, 0.3) is 0 Å². The second-order valence-corrected chi connectivity index (χ2v) is 6.24. The normalized spacial score (nSPS) is 28.0. The second kappa shape index (κ2) is 6.87. The Morgan fingerprint density at radius 1 is 1.40 bits per heavy atom. The Labute approximate surface area is 122 Å². The van der Waals surface area contributed by atoms with Gasteiger partial charge in [-0.1, -0.05) is 6.92 Å². The predicted octanol–water partition coefficient (Wildman–Crippen LogP) is 0.648. The van der Waals surface area contributed by atoms with E-state index in [1.165, 1.54) is 0 Å². The Morgan fingerprint density at radius 3 is 2.80 bits per heavy atom. The van der Waals surface area contributed by atoms with Crippen LogP contribution < -0.4 is 0 Å². The molecule has 2 atom stereocenters. The van der Waals surface area contributed by atoms with E-state index in [1.54, 1.807) is 0 Å². The largest absolute Gasteiger partial charge is 0.375 e. The molecule has 0 saturated carbocycles. The first-order valence-electron chi connectivity index (χ1n) is 7.86. The smallest absolute Gasteiger partial charge is 0.236 e. The fourth-order valence-electron chi connectivity index (χ4n) is 3.06. The van der Waals surface area contributed by atoms with Crippen LogP contribution in [0.2, 0.25) is 0 Å². The molecule has 0 N–H and O–H groups in total. The first kappa shape index (κ1) is 15.7. The molecule has 0 aliphatic carbocycles. The molecular weight excluding hydrogens is 254 g/mol. The van der Waals surface area contributed by atoms with E-state index in [1.807, 2.05) is 11.9 Å². The van der Waals surface area contributed by atoms with E-state index < -0.39 is 0 Å². The van der Waals surface area contributed by atoms with Gasteiger partial charge >= 0.3 is 0 Å². The van der Waals surface area contributed by atoms with Gasteiger partial charge in [0.05, 0.1) is 25.3 Å². The number of carbonyl (C=O) groups is 1. The molecular formula is C15H29N3O2. The Bertz CT molecular complexity index is 329. The molecule has 0 radical (unpaired) electrons. The highest BCUT2D eigenvalue weighted by Gasteiger charge is 2.37. The first-order valence-corrected chi connectivity index (χ1v) is 7.86. The zero-order chi connectivity index (χ0) is 14.7. The second-order valence-electron chi connectivity index (χ2n) is 6.24. The molecule has 2 heterocycles. The van der Waals surface area contributed by atoms with E-state index in [2.05, 4.69) is 30.6 Å². The van der Waals surface area contributed by atoms with Gasteiger partial charge in [0.15, 0.2) is 0 Å². The average molecular weight is 283 g/mol. The number of morpholine rings is 1. The van der Waals surface area contributed by atoms with Gasteiger partial charge in [-0.2, -0.15) is 0 Å². The summed E-state index contributed by atoms with van der Waals surface area (Å²) < 4.78 is 5.87. The molecule has 0 aromatic carbocycles. The Hall–Kier alpha value is -0.650. The van der Waals surface area contributed by atoms with Crippen molar-refractivity contribution in [3.63, 3.8) is 0 Å². The van der Waals surface area contributed by atoms with Crippen molar-refractivity contribution in [2.45, 2.75) is 45.4 Å². The van der Waals surface area contributed by atoms with Crippen molar-refractivity contribution in [2.24, 2.45) is 0 Å². The third kappa shape index (κ3) is 3.51. The molecule has 0 spiro atoms. The van der Waals surface area contributed by atoms with E-state index >= 15 is 0 Å². The van der Waals surface area contributed by atoms with Crippen molar-refractivity contribution >= 4 is 5.91 Å². The van der Waals surface area contributed by atoms with E-state index in [-0.39, 0.29) is 5.91 Å². The number of amides is 1. The highest BCUT2D eigenvalue weighted by Crippen LogP contribution is 2.23. The van der Waals surface area contributed by atoms with Crippen LogP contribution in [0.1, 0.15) is 27.2 Å². The molecule has 0 unspecified atom stereocenters. The average Bonchev–Trinajstić information content (AvgIpc) is 2.45. The fraction of sp³-hybridized carbons (Fsp3) is 0.933. The number of hydrogen-bond donors (Lipinski definition) is 0. The number of fused-ring (bicyclic) bond motifs is 1. The molecule has 2 fully saturated rings. The van der Waals surface area contributed by atoms with Gasteiger partial charge in [-0.05, 0) is 33.9 Å². The SMILES string of the molecule is CCN1CCO[C@H]2CCN(C(=O)CN(C)C(C)C)C[C@@H]21. The quantitative estimate of drug-likeness (QED) is 0.759. The van der Waals surface area contributed by atoms with Crippen molar-refractivity contribution in [3.05, 3.63) is 0 Å². The van der Waals surface area contributed by atoms with Gasteiger partial charge in [0.1, 0.15) is 0 Å². The number of ether oxygens (including phenoxy) is 1. The van der Waals surface area contributed by atoms with Crippen molar-refractivity contribution < 1.29 is 9.53 Å². The summed E-state index contributed by atoms with van der Waals surface area (Å²) in [6.45, 7) is 11.5. The topological polar surface area (TPSA) is 36.0 Å². The Morgan fingerprint density at radius 2 is 2.15 bits per heavy atom. The highest BCUT2D eigenvalue weighted by molar-refractivity contribution is 5.78. The lowest BCUT2D eigenvalue weighted by atomic mass is 9.98. The van der Waals surface area contributed by atoms with Crippen LogP contribution in [-0.4, -0.2) is 85.2 Å². The standard InChI is InChI=1S/C15H29N3O2/c1-5-17-8-9-20-14-6-7-18(10-13(14)17)15(19)11-16(4)12(2)3/h12-14H,5-11H2,1-4H3/t13-,14-/m0/s1. The van der Waals surface area contributed by atoms with Gasteiger partial charge in [-0.25, -0.2) is 0 Å². The van der Waals surface area contributed by atoms with Gasteiger partial charge in [0, 0.05) is 25.7 Å². The molecule has 2 saturated heterocycles. The van der Waals surface area contributed by atoms with E-state index in [4.69, 9.17) is 4.74 Å². The fourth-order valence-corrected chi connectivity index (χ4v) is 3.06. The molecule has 0 aromatic heterocycles. The number of nitrogens with zero attached hydrogens (tertiary/aromatic N) is 3. The van der Waals surface area contributed by atoms with Gasteiger partial charge < -0.3 is 9.64 Å². The first-order chi connectivity index (χ1) is 9.52. The lowest BCUT2D eigenvalue weighted by Crippen LogP contribution is -2.61. The van der Waals surface area contributed by atoms with Gasteiger partial charge in [-0.15, -0.1) is 0 Å². The molecule has 2 rings (SSSR count). The lowest BCUT2D eigenvalue weighted by Gasteiger charge is -2.47. The van der Waals surface area contributed by atoms with Crippen molar-refractivity contribution in [1.82, 2.24) is 14.7 Å². The predicted molar refractivity (Wildman–Crippen MR) is 79.7 cm³/mol. The molecule has 116 valence electrons. The van der Waals surface area contributed by atoms with Crippen LogP contribution in [0.4, 0.5) is 0 Å². The van der Waals surface area contributed by atoms with E-state index in [0.717, 1.165) is 39.2 Å². The summed E-state index contributed by atoms with van der Waals surface area (Å²) >= 11 is 0. The summed E-state index contributed by atoms with van der Waals surface area (Å²) in [5, 5.41) is 0. The number of likely N-dealkylation sites (tertiary alicyclic amines) is 1. The lowest BCUT2D eigenvalue weighted by molar-refractivity contribution is -0.143. The molecule has 5 nitrogen and oxygen atoms in total. The van der Waals surface area contributed by atoms with E-state index in [9.17, 15) is 4.79 Å². The Kier molecular flexibility index (Phi) is 5.41. The van der Waals surface area contributed by atoms with Crippen molar-refractivity contribution in [3.8, 4) is 0 Å². The van der Waals surface area contributed by atoms with Gasteiger partial charge in [-0.3, -0.25) is 14.6 Å². The number of piperidine rings is 1. The maximum absolute atomic E-state index is 12.4. The summed E-state index contributed by atoms with van der Waals surface area (Å²) in [4.78, 5) is 19.0. The molecule has 5 heteroatoms. The minimum Gasteiger partial charge on any atom is -0.375 e. The molecule has 1 amide bonds. The number of rotatable bonds is 4. The summed E-state index contributed by atoms with van der Waals surface area (Å²) in [5.41, 5.74) is 0. The molecule has 2 aliphatic rings. The number of hydrogen-bond acceptors (Lipinski definition) is 4. The van der Waals surface area contributed by atoms with Crippen LogP contribution in [-0.2, 0) is 9.53 Å². The minimum absolute atomic E-state index is 0.251. The molecule has 0 aromatic rings. The van der Waals surface area contributed by atoms with Crippen LogP contribution in [0.3, 0.4) is 0 Å². The maximum Gasteiger partial charge on any atom is 0.236 e. The Balaban J connectivity index is 1.93. The summed E-state index contributed by atoms with van der Waals surface area (Å²) in [5.74, 6) is 0.251. The zero-order valence-corrected chi connectivity index (χ0v) is 13.3. The maximum atomic E-state index is 12.4. The van der Waals surface area contributed by atoms with Gasteiger partial charge in [0.2, 0.25) is 5.91 Å². The summed E-state index contributed by atoms with van der Waals surface area (Å²) in [6, 6.07) is 0.789. The number of likely N-dealkylation sites (N-methyl/N-ethyl adjacent to an activating group) is 2. The molecule has 2 aliphatic heterocycles. The van der Waals surface area contributed by atoms with Crippen LogP contribution in [0.15, 0.2) is 0 Å². The zero-order valence-electron chi connectivity index (χ0n) is 13.3. The monoisotopic (exact) mass is 283 g/mol. The third-order valence-electron chi connectivity index (χ3n) is 4.72. The molecule has 20 heavy (non-hydrogen) atoms. The van der Waals surface area contributed by atoms with Crippen molar-refractivity contribution in [1.29, 1.82) is 0 Å². The van der Waals surface area contributed by atoms with Crippen LogP contribution in [0, 0.1) is 0 Å². The summed E-state index contributed by atoms with van der Waals surface area (Å²) in [7, 11) is 2.01. The molecule has 0 bridgehead atoms. The van der Waals surface area contributed by atoms with Crippen molar-refractivity contribution in [2.75, 3.05) is 46.4 Å². The third-order valence-corrected chi connectivity index (χ3v) is 4.72. The van der Waals surface area contributed by atoms with Crippen LogP contribution >= 0.6 is 0 Å². The highest BCUT2D eigenvalue weighted by atomic mass is 16.5. The van der Waals surface area contributed by atoms with E-state index in [0.29, 0.717) is 24.7 Å². The van der Waals surface area contributed by atoms with Gasteiger partial charge in [0.25, 0.3) is 0 Å². The summed E-state index contributed by atoms with van der Waals surface area (Å²) in [6.07, 6.45) is 1.29. The number of carbonyl (C=O) groups excluding carboxylic acids is 1. The minimum atomic E-state index is 0.251. The van der Waals surface area contributed by atoms with Crippen LogP contribution in [0.5, 0.6) is 0 Å².